The minimum absolute atomic E-state index is 0.00527. The molecule has 0 saturated heterocycles. The number of hydrogen-bond acceptors (Lipinski definition) is 4. The van der Waals surface area contributed by atoms with Crippen LogP contribution in [0.3, 0.4) is 0 Å². The SMILES string of the molecule is COC(=O)CCN(CCCNC(C)=O)C(=O)CCCc1ccc(Cl)cc1. The van der Waals surface area contributed by atoms with Gasteiger partial charge in [0.25, 0.3) is 0 Å². The lowest BCUT2D eigenvalue weighted by atomic mass is 10.1. The van der Waals surface area contributed by atoms with Crippen molar-refractivity contribution in [3.05, 3.63) is 34.9 Å². The summed E-state index contributed by atoms with van der Waals surface area (Å²) in [6, 6.07) is 7.58. The van der Waals surface area contributed by atoms with Gasteiger partial charge in [-0.15, -0.1) is 0 Å². The summed E-state index contributed by atoms with van der Waals surface area (Å²) in [7, 11) is 1.33. The van der Waals surface area contributed by atoms with Crippen molar-refractivity contribution in [2.45, 2.75) is 39.0 Å². The van der Waals surface area contributed by atoms with Gasteiger partial charge in [-0.2, -0.15) is 0 Å². The molecule has 0 aliphatic carbocycles. The Morgan fingerprint density at radius 2 is 1.77 bits per heavy atom. The minimum atomic E-state index is -0.342. The Labute approximate surface area is 159 Å². The van der Waals surface area contributed by atoms with Crippen molar-refractivity contribution in [3.8, 4) is 0 Å². The Balaban J connectivity index is 2.45. The lowest BCUT2D eigenvalue weighted by Gasteiger charge is -2.22. The molecule has 0 aromatic heterocycles. The molecule has 1 N–H and O–H groups in total. The number of benzene rings is 1. The average Bonchev–Trinajstić information content (AvgIpc) is 2.62. The van der Waals surface area contributed by atoms with Crippen LogP contribution in [0.5, 0.6) is 0 Å². The second kappa shape index (κ2) is 12.3. The van der Waals surface area contributed by atoms with Crippen LogP contribution in [0.4, 0.5) is 0 Å². The molecule has 0 atom stereocenters. The highest BCUT2D eigenvalue weighted by molar-refractivity contribution is 6.30. The molecule has 0 aliphatic heterocycles. The smallest absolute Gasteiger partial charge is 0.307 e. The third kappa shape index (κ3) is 9.42. The summed E-state index contributed by atoms with van der Waals surface area (Å²) in [6.07, 6.45) is 2.73. The molecule has 0 heterocycles. The van der Waals surface area contributed by atoms with E-state index in [1.165, 1.54) is 14.0 Å². The number of carbonyl (C=O) groups is 3. The fraction of sp³-hybridized carbons (Fsp3) is 0.526. The zero-order chi connectivity index (χ0) is 19.4. The monoisotopic (exact) mass is 382 g/mol. The van der Waals surface area contributed by atoms with Gasteiger partial charge in [-0.25, -0.2) is 0 Å². The third-order valence-corrected chi connectivity index (χ3v) is 4.17. The number of hydrogen-bond donors (Lipinski definition) is 1. The van der Waals surface area contributed by atoms with E-state index in [4.69, 9.17) is 11.6 Å². The lowest BCUT2D eigenvalue weighted by Crippen LogP contribution is -2.35. The van der Waals surface area contributed by atoms with Crippen LogP contribution in [-0.4, -0.2) is 49.4 Å². The standard InChI is InChI=1S/C19H27ClN2O4/c1-15(23)21-12-4-13-22(14-11-19(25)26-2)18(24)6-3-5-16-7-9-17(20)10-8-16/h7-10H,3-6,11-14H2,1-2H3,(H,21,23). The molecular weight excluding hydrogens is 356 g/mol. The normalized spacial score (nSPS) is 10.3. The number of nitrogens with zero attached hydrogens (tertiary/aromatic N) is 1. The molecule has 0 spiro atoms. The van der Waals surface area contributed by atoms with Crippen LogP contribution in [0.1, 0.15) is 38.2 Å². The molecule has 7 heteroatoms. The molecule has 6 nitrogen and oxygen atoms in total. The van der Waals surface area contributed by atoms with Gasteiger partial charge in [0.1, 0.15) is 0 Å². The molecule has 0 bridgehead atoms. The summed E-state index contributed by atoms with van der Waals surface area (Å²) in [6.45, 7) is 2.78. The van der Waals surface area contributed by atoms with Gasteiger partial charge < -0.3 is 15.0 Å². The average molecular weight is 383 g/mol. The van der Waals surface area contributed by atoms with E-state index in [1.54, 1.807) is 4.90 Å². The van der Waals surface area contributed by atoms with Crippen LogP contribution < -0.4 is 5.32 Å². The quantitative estimate of drug-likeness (QED) is 0.471. The molecule has 0 radical (unpaired) electrons. The number of nitrogens with one attached hydrogen (secondary N) is 1. The maximum Gasteiger partial charge on any atom is 0.307 e. The van der Waals surface area contributed by atoms with Crippen LogP contribution >= 0.6 is 11.6 Å². The first kappa shape index (κ1) is 22.0. The summed E-state index contributed by atoms with van der Waals surface area (Å²) < 4.78 is 4.64. The summed E-state index contributed by atoms with van der Waals surface area (Å²) in [4.78, 5) is 36.4. The van der Waals surface area contributed by atoms with Crippen LogP contribution in [0.2, 0.25) is 5.02 Å². The van der Waals surface area contributed by atoms with Gasteiger partial charge in [0.05, 0.1) is 13.5 Å². The molecule has 144 valence electrons. The van der Waals surface area contributed by atoms with Gasteiger partial charge >= 0.3 is 5.97 Å². The molecule has 0 fully saturated rings. The Morgan fingerprint density at radius 3 is 2.38 bits per heavy atom. The van der Waals surface area contributed by atoms with Crippen LogP contribution in [0, 0.1) is 0 Å². The van der Waals surface area contributed by atoms with Crippen LogP contribution in [-0.2, 0) is 25.5 Å². The largest absolute Gasteiger partial charge is 0.469 e. The Bertz CT molecular complexity index is 590. The number of carbonyl (C=O) groups excluding carboxylic acids is 3. The van der Waals surface area contributed by atoms with Gasteiger partial charge in [0.15, 0.2) is 0 Å². The Hall–Kier alpha value is -2.08. The number of esters is 1. The molecular formula is C19H27ClN2O4. The Kier molecular flexibility index (Phi) is 10.4. The van der Waals surface area contributed by atoms with Crippen molar-refractivity contribution in [2.75, 3.05) is 26.7 Å². The molecule has 1 aromatic rings. The van der Waals surface area contributed by atoms with Crippen molar-refractivity contribution in [1.82, 2.24) is 10.2 Å². The summed E-state index contributed by atoms with van der Waals surface area (Å²) in [5.41, 5.74) is 1.13. The van der Waals surface area contributed by atoms with E-state index in [0.29, 0.717) is 37.5 Å². The fourth-order valence-corrected chi connectivity index (χ4v) is 2.60. The molecule has 1 rings (SSSR count). The zero-order valence-electron chi connectivity index (χ0n) is 15.4. The molecule has 26 heavy (non-hydrogen) atoms. The minimum Gasteiger partial charge on any atom is -0.469 e. The highest BCUT2D eigenvalue weighted by Gasteiger charge is 2.15. The first-order chi connectivity index (χ1) is 12.4. The fourth-order valence-electron chi connectivity index (χ4n) is 2.48. The zero-order valence-corrected chi connectivity index (χ0v) is 16.2. The van der Waals surface area contributed by atoms with Crippen molar-refractivity contribution in [2.24, 2.45) is 0 Å². The second-order valence-corrected chi connectivity index (χ2v) is 6.46. The Morgan fingerprint density at radius 1 is 1.08 bits per heavy atom. The summed E-state index contributed by atoms with van der Waals surface area (Å²) in [5, 5.41) is 3.40. The van der Waals surface area contributed by atoms with Gasteiger partial charge in [-0.05, 0) is 37.0 Å². The predicted molar refractivity (Wildman–Crippen MR) is 101 cm³/mol. The molecule has 0 aliphatic rings. The van der Waals surface area contributed by atoms with E-state index in [-0.39, 0.29) is 24.2 Å². The van der Waals surface area contributed by atoms with Gasteiger partial charge in [-0.3, -0.25) is 14.4 Å². The van der Waals surface area contributed by atoms with Gasteiger partial charge in [-0.1, -0.05) is 23.7 Å². The summed E-state index contributed by atoms with van der Waals surface area (Å²) >= 11 is 5.87. The van der Waals surface area contributed by atoms with E-state index in [9.17, 15) is 14.4 Å². The van der Waals surface area contributed by atoms with Gasteiger partial charge in [0.2, 0.25) is 11.8 Å². The van der Waals surface area contributed by atoms with Gasteiger partial charge in [0, 0.05) is 38.0 Å². The summed E-state index contributed by atoms with van der Waals surface area (Å²) in [5.74, 6) is -0.433. The maximum absolute atomic E-state index is 12.5. The van der Waals surface area contributed by atoms with E-state index >= 15 is 0 Å². The number of aryl methyl sites for hydroxylation is 1. The van der Waals surface area contributed by atoms with Crippen LogP contribution in [0.25, 0.3) is 0 Å². The van der Waals surface area contributed by atoms with E-state index in [0.717, 1.165) is 18.4 Å². The highest BCUT2D eigenvalue weighted by atomic mass is 35.5. The van der Waals surface area contributed by atoms with E-state index < -0.39 is 0 Å². The second-order valence-electron chi connectivity index (χ2n) is 6.02. The number of rotatable bonds is 11. The van der Waals surface area contributed by atoms with Crippen molar-refractivity contribution in [1.29, 1.82) is 0 Å². The number of ether oxygens (including phenoxy) is 1. The van der Waals surface area contributed by atoms with E-state index in [1.807, 2.05) is 24.3 Å². The lowest BCUT2D eigenvalue weighted by molar-refractivity contribution is -0.141. The van der Waals surface area contributed by atoms with E-state index in [2.05, 4.69) is 10.1 Å². The van der Waals surface area contributed by atoms with Crippen molar-refractivity contribution in [3.63, 3.8) is 0 Å². The molecule has 2 amide bonds. The number of amides is 2. The first-order valence-electron chi connectivity index (χ1n) is 8.76. The van der Waals surface area contributed by atoms with Crippen molar-refractivity contribution < 1.29 is 19.1 Å². The number of methoxy groups -OCH3 is 1. The first-order valence-corrected chi connectivity index (χ1v) is 9.13. The number of halogens is 1. The predicted octanol–water partition coefficient (Wildman–Crippen LogP) is 2.58. The van der Waals surface area contributed by atoms with Crippen molar-refractivity contribution >= 4 is 29.4 Å². The molecule has 1 aromatic carbocycles. The van der Waals surface area contributed by atoms with Crippen LogP contribution in [0.15, 0.2) is 24.3 Å². The molecule has 0 unspecified atom stereocenters. The topological polar surface area (TPSA) is 75.7 Å². The maximum atomic E-state index is 12.5. The highest BCUT2D eigenvalue weighted by Crippen LogP contribution is 2.12. The molecule has 0 saturated carbocycles. The third-order valence-electron chi connectivity index (χ3n) is 3.91.